The van der Waals surface area contributed by atoms with Crippen molar-refractivity contribution in [3.8, 4) is 0 Å². The summed E-state index contributed by atoms with van der Waals surface area (Å²) in [5.74, 6) is 1.44. The average molecular weight is 254 g/mol. The summed E-state index contributed by atoms with van der Waals surface area (Å²) in [6.45, 7) is 11.9. The zero-order valence-electron chi connectivity index (χ0n) is 13.2. The molecule has 1 aliphatic rings. The highest BCUT2D eigenvalue weighted by Gasteiger charge is 2.41. The summed E-state index contributed by atoms with van der Waals surface area (Å²) in [6, 6.07) is 0.404. The quantitative estimate of drug-likeness (QED) is 0.735. The van der Waals surface area contributed by atoms with Crippen molar-refractivity contribution >= 4 is 0 Å². The van der Waals surface area contributed by atoms with Crippen molar-refractivity contribution in [2.75, 3.05) is 20.1 Å². The first kappa shape index (κ1) is 16.0. The maximum absolute atomic E-state index is 6.23. The zero-order valence-corrected chi connectivity index (χ0v) is 13.2. The van der Waals surface area contributed by atoms with Crippen LogP contribution in [0, 0.1) is 17.3 Å². The molecule has 0 aromatic carbocycles. The number of nitrogens with zero attached hydrogens (tertiary/aromatic N) is 1. The van der Waals surface area contributed by atoms with Gasteiger partial charge in [0.05, 0.1) is 0 Å². The van der Waals surface area contributed by atoms with E-state index >= 15 is 0 Å². The van der Waals surface area contributed by atoms with Gasteiger partial charge in [-0.3, -0.25) is 0 Å². The Bertz CT molecular complexity index is 237. The summed E-state index contributed by atoms with van der Waals surface area (Å²) in [6.07, 6.45) is 6.53. The number of nitrogens with two attached hydrogens (primary N) is 1. The molecule has 3 unspecified atom stereocenters. The Morgan fingerprint density at radius 2 is 1.89 bits per heavy atom. The van der Waals surface area contributed by atoms with Gasteiger partial charge in [-0.1, -0.05) is 40.5 Å². The van der Waals surface area contributed by atoms with Crippen LogP contribution in [0.3, 0.4) is 0 Å². The Kier molecular flexibility index (Phi) is 6.13. The van der Waals surface area contributed by atoms with Crippen LogP contribution in [0.4, 0.5) is 0 Å². The van der Waals surface area contributed by atoms with Gasteiger partial charge in [-0.25, -0.2) is 0 Å². The van der Waals surface area contributed by atoms with Gasteiger partial charge < -0.3 is 10.6 Å². The van der Waals surface area contributed by atoms with Gasteiger partial charge in [-0.15, -0.1) is 0 Å². The average Bonchev–Trinajstić information content (AvgIpc) is 2.31. The van der Waals surface area contributed by atoms with Crippen molar-refractivity contribution in [1.29, 1.82) is 0 Å². The highest BCUT2D eigenvalue weighted by Crippen LogP contribution is 2.44. The largest absolute Gasteiger partial charge is 0.327 e. The molecule has 0 spiro atoms. The van der Waals surface area contributed by atoms with Gasteiger partial charge in [0.25, 0.3) is 0 Å². The molecule has 18 heavy (non-hydrogen) atoms. The molecule has 1 saturated carbocycles. The van der Waals surface area contributed by atoms with E-state index in [-0.39, 0.29) is 0 Å². The van der Waals surface area contributed by atoms with Gasteiger partial charge in [-0.05, 0) is 50.1 Å². The van der Waals surface area contributed by atoms with E-state index in [0.717, 1.165) is 5.92 Å². The molecule has 3 atom stereocenters. The number of hydrogen-bond donors (Lipinski definition) is 1. The van der Waals surface area contributed by atoms with Gasteiger partial charge in [0.2, 0.25) is 0 Å². The lowest BCUT2D eigenvalue weighted by Gasteiger charge is -2.48. The lowest BCUT2D eigenvalue weighted by Crippen LogP contribution is -2.49. The summed E-state index contributed by atoms with van der Waals surface area (Å²) in [4.78, 5) is 2.53. The van der Waals surface area contributed by atoms with Crippen LogP contribution in [0.2, 0.25) is 0 Å². The molecule has 0 radical (unpaired) electrons. The molecule has 2 N–H and O–H groups in total. The van der Waals surface area contributed by atoms with Gasteiger partial charge in [0.15, 0.2) is 0 Å². The van der Waals surface area contributed by atoms with E-state index in [0.29, 0.717) is 17.4 Å². The van der Waals surface area contributed by atoms with E-state index in [1.807, 2.05) is 0 Å². The Labute approximate surface area is 114 Å². The molecule has 108 valence electrons. The second kappa shape index (κ2) is 6.91. The number of hydrogen-bond acceptors (Lipinski definition) is 2. The molecule has 0 saturated heterocycles. The maximum atomic E-state index is 6.23. The van der Waals surface area contributed by atoms with Crippen molar-refractivity contribution in [2.45, 2.75) is 65.8 Å². The molecule has 0 heterocycles. The molecule has 1 rings (SSSR count). The van der Waals surface area contributed by atoms with Crippen molar-refractivity contribution in [1.82, 2.24) is 4.90 Å². The third kappa shape index (κ3) is 3.96. The Hall–Kier alpha value is -0.0800. The second-order valence-corrected chi connectivity index (χ2v) is 7.02. The minimum Gasteiger partial charge on any atom is -0.327 e. The Morgan fingerprint density at radius 1 is 1.22 bits per heavy atom. The zero-order chi connectivity index (χ0) is 13.8. The standard InChI is InChI=1S/C16H34N2/c1-6-7-8-11-18(5)12-14-9-10-15(17)13(2)16(14,3)4/h13-15H,6-12,17H2,1-5H3. The van der Waals surface area contributed by atoms with Crippen LogP contribution in [0.1, 0.15) is 59.8 Å². The van der Waals surface area contributed by atoms with E-state index in [1.54, 1.807) is 0 Å². The van der Waals surface area contributed by atoms with Crippen molar-refractivity contribution in [2.24, 2.45) is 23.0 Å². The first-order chi connectivity index (χ1) is 8.39. The van der Waals surface area contributed by atoms with Gasteiger partial charge in [0, 0.05) is 12.6 Å². The number of unbranched alkanes of at least 4 members (excludes halogenated alkanes) is 2. The van der Waals surface area contributed by atoms with E-state index in [2.05, 4.69) is 39.6 Å². The number of rotatable bonds is 6. The Balaban J connectivity index is 2.45. The first-order valence-electron chi connectivity index (χ1n) is 7.83. The SMILES string of the molecule is CCCCCN(C)CC1CCC(N)C(C)C1(C)C. The molecular weight excluding hydrogens is 220 g/mol. The monoisotopic (exact) mass is 254 g/mol. The molecule has 0 amide bonds. The van der Waals surface area contributed by atoms with E-state index in [4.69, 9.17) is 5.73 Å². The van der Waals surface area contributed by atoms with E-state index in [9.17, 15) is 0 Å². The van der Waals surface area contributed by atoms with Crippen LogP contribution in [0.5, 0.6) is 0 Å². The highest BCUT2D eigenvalue weighted by atomic mass is 15.1. The lowest BCUT2D eigenvalue weighted by molar-refractivity contribution is 0.0335. The van der Waals surface area contributed by atoms with Crippen LogP contribution in [-0.4, -0.2) is 31.1 Å². The van der Waals surface area contributed by atoms with Crippen LogP contribution in [-0.2, 0) is 0 Å². The van der Waals surface area contributed by atoms with Crippen LogP contribution < -0.4 is 5.73 Å². The molecule has 0 bridgehead atoms. The van der Waals surface area contributed by atoms with Crippen molar-refractivity contribution in [3.63, 3.8) is 0 Å². The highest BCUT2D eigenvalue weighted by molar-refractivity contribution is 4.94. The minimum absolute atomic E-state index is 0.386. The molecular formula is C16H34N2. The fourth-order valence-corrected chi connectivity index (χ4v) is 3.36. The fourth-order valence-electron chi connectivity index (χ4n) is 3.36. The lowest BCUT2D eigenvalue weighted by atomic mass is 9.61. The molecule has 0 aliphatic heterocycles. The summed E-state index contributed by atoms with van der Waals surface area (Å²) in [5, 5.41) is 0. The van der Waals surface area contributed by atoms with Crippen LogP contribution in [0.15, 0.2) is 0 Å². The summed E-state index contributed by atoms with van der Waals surface area (Å²) in [5.41, 5.74) is 6.62. The predicted octanol–water partition coefficient (Wildman–Crippen LogP) is 3.51. The van der Waals surface area contributed by atoms with Gasteiger partial charge in [0.1, 0.15) is 0 Å². The first-order valence-corrected chi connectivity index (χ1v) is 7.83. The summed E-state index contributed by atoms with van der Waals surface area (Å²) >= 11 is 0. The molecule has 2 heteroatoms. The molecule has 0 aromatic heterocycles. The smallest absolute Gasteiger partial charge is 0.00698 e. The predicted molar refractivity (Wildman–Crippen MR) is 80.7 cm³/mol. The molecule has 2 nitrogen and oxygen atoms in total. The maximum Gasteiger partial charge on any atom is 0.00698 e. The third-order valence-corrected chi connectivity index (χ3v) is 5.39. The summed E-state index contributed by atoms with van der Waals surface area (Å²) < 4.78 is 0. The van der Waals surface area contributed by atoms with E-state index < -0.39 is 0 Å². The topological polar surface area (TPSA) is 29.3 Å². The van der Waals surface area contributed by atoms with Gasteiger partial charge >= 0.3 is 0 Å². The minimum atomic E-state index is 0.386. The van der Waals surface area contributed by atoms with Crippen molar-refractivity contribution in [3.05, 3.63) is 0 Å². The normalized spacial score (nSPS) is 31.8. The Morgan fingerprint density at radius 3 is 2.50 bits per heavy atom. The molecule has 1 fully saturated rings. The van der Waals surface area contributed by atoms with Gasteiger partial charge in [-0.2, -0.15) is 0 Å². The summed E-state index contributed by atoms with van der Waals surface area (Å²) in [7, 11) is 2.28. The fraction of sp³-hybridized carbons (Fsp3) is 1.00. The van der Waals surface area contributed by atoms with E-state index in [1.165, 1.54) is 45.2 Å². The molecule has 0 aromatic rings. The van der Waals surface area contributed by atoms with Crippen molar-refractivity contribution < 1.29 is 0 Å². The van der Waals surface area contributed by atoms with Crippen LogP contribution >= 0.6 is 0 Å². The molecule has 1 aliphatic carbocycles. The second-order valence-electron chi connectivity index (χ2n) is 7.02. The van der Waals surface area contributed by atoms with Crippen LogP contribution in [0.25, 0.3) is 0 Å². The third-order valence-electron chi connectivity index (χ3n) is 5.39.